The van der Waals surface area contributed by atoms with Crippen molar-refractivity contribution >= 4 is 27.7 Å². The molecule has 26 heavy (non-hydrogen) atoms. The Bertz CT molecular complexity index is 872. The molecular weight excluding hydrogens is 368 g/mol. The Balaban J connectivity index is 1.99. The van der Waals surface area contributed by atoms with Gasteiger partial charge in [0, 0.05) is 24.9 Å². The fraction of sp³-hybridized carbons (Fsp3) is 0.421. The van der Waals surface area contributed by atoms with Crippen LogP contribution in [0.3, 0.4) is 0 Å². The Morgan fingerprint density at radius 1 is 1.19 bits per heavy atom. The van der Waals surface area contributed by atoms with E-state index in [4.69, 9.17) is 0 Å². The predicted molar refractivity (Wildman–Crippen MR) is 105 cm³/mol. The van der Waals surface area contributed by atoms with Gasteiger partial charge in [-0.15, -0.1) is 11.8 Å². The number of nitrogens with zero attached hydrogens (tertiary/aromatic N) is 2. The molecule has 5 nitrogen and oxygen atoms in total. The molecule has 0 bridgehead atoms. The summed E-state index contributed by atoms with van der Waals surface area (Å²) in [6, 6.07) is 10.4. The van der Waals surface area contributed by atoms with Gasteiger partial charge in [0.2, 0.25) is 5.91 Å². The number of rotatable bonds is 6. The zero-order valence-electron chi connectivity index (χ0n) is 15.1. The molecule has 0 spiro atoms. The van der Waals surface area contributed by atoms with E-state index in [1.54, 1.807) is 54.4 Å². The average Bonchev–Trinajstić information content (AvgIpc) is 3.11. The second-order valence-corrected chi connectivity index (χ2v) is 9.46. The number of hydrogen-bond acceptors (Lipinski definition) is 4. The van der Waals surface area contributed by atoms with Crippen LogP contribution in [0.1, 0.15) is 42.8 Å². The van der Waals surface area contributed by atoms with Crippen LogP contribution in [0, 0.1) is 6.92 Å². The number of thioether (sulfide) groups is 1. The van der Waals surface area contributed by atoms with Gasteiger partial charge < -0.3 is 4.90 Å². The first-order valence-electron chi connectivity index (χ1n) is 8.85. The number of amides is 1. The zero-order valence-corrected chi connectivity index (χ0v) is 16.7. The molecule has 1 aliphatic rings. The van der Waals surface area contributed by atoms with Crippen molar-refractivity contribution in [2.45, 2.75) is 43.4 Å². The second kappa shape index (κ2) is 7.88. The summed E-state index contributed by atoms with van der Waals surface area (Å²) in [7, 11) is -3.69. The van der Waals surface area contributed by atoms with Gasteiger partial charge in [-0.1, -0.05) is 31.0 Å². The van der Waals surface area contributed by atoms with Crippen molar-refractivity contribution in [1.29, 1.82) is 0 Å². The first-order valence-corrected chi connectivity index (χ1v) is 11.3. The molecule has 140 valence electrons. The maximum Gasteiger partial charge on any atom is 0.267 e. The highest BCUT2D eigenvalue weighted by molar-refractivity contribution is 7.99. The van der Waals surface area contributed by atoms with Crippen molar-refractivity contribution in [2.24, 2.45) is 0 Å². The van der Waals surface area contributed by atoms with E-state index in [9.17, 15) is 13.2 Å². The van der Waals surface area contributed by atoms with E-state index in [0.29, 0.717) is 24.4 Å². The highest BCUT2D eigenvalue weighted by atomic mass is 32.2. The molecule has 1 atom stereocenters. The topological polar surface area (TPSA) is 59.4 Å². The van der Waals surface area contributed by atoms with Crippen molar-refractivity contribution in [3.63, 3.8) is 0 Å². The lowest BCUT2D eigenvalue weighted by atomic mass is 10.2. The molecule has 0 saturated carbocycles. The van der Waals surface area contributed by atoms with Gasteiger partial charge in [-0.25, -0.2) is 12.4 Å². The number of carbonyl (C=O) groups excluding carboxylic acids is 1. The van der Waals surface area contributed by atoms with Crippen molar-refractivity contribution in [1.82, 2.24) is 8.87 Å². The molecule has 2 aromatic rings. The molecule has 3 rings (SSSR count). The molecule has 7 heteroatoms. The quantitative estimate of drug-likeness (QED) is 0.750. The minimum atomic E-state index is -3.69. The number of aromatic nitrogens is 1. The van der Waals surface area contributed by atoms with E-state index in [0.717, 1.165) is 18.4 Å². The van der Waals surface area contributed by atoms with E-state index in [1.165, 1.54) is 3.97 Å². The highest BCUT2D eigenvalue weighted by Crippen LogP contribution is 2.38. The number of benzene rings is 1. The Labute approximate surface area is 159 Å². The van der Waals surface area contributed by atoms with Gasteiger partial charge in [0.05, 0.1) is 10.6 Å². The summed E-state index contributed by atoms with van der Waals surface area (Å²) in [5.74, 6) is 0.810. The smallest absolute Gasteiger partial charge is 0.267 e. The molecule has 1 aliphatic heterocycles. The van der Waals surface area contributed by atoms with Crippen molar-refractivity contribution in [3.05, 3.63) is 53.9 Å². The van der Waals surface area contributed by atoms with Gasteiger partial charge in [-0.2, -0.15) is 0 Å². The summed E-state index contributed by atoms with van der Waals surface area (Å²) in [5.41, 5.74) is 1.65. The fourth-order valence-electron chi connectivity index (χ4n) is 3.05. The monoisotopic (exact) mass is 392 g/mol. The predicted octanol–water partition coefficient (Wildman–Crippen LogP) is 3.80. The molecule has 1 amide bonds. The van der Waals surface area contributed by atoms with E-state index in [2.05, 4.69) is 6.92 Å². The van der Waals surface area contributed by atoms with Crippen LogP contribution in [0.5, 0.6) is 0 Å². The average molecular weight is 393 g/mol. The molecule has 0 N–H and O–H groups in total. The SMILES string of the molecule is CCCCN1C(=O)CCSC1c1cccn1S(=O)(=O)c1ccc(C)cc1. The Kier molecular flexibility index (Phi) is 5.77. The molecule has 0 aliphatic carbocycles. The summed E-state index contributed by atoms with van der Waals surface area (Å²) < 4.78 is 27.6. The lowest BCUT2D eigenvalue weighted by Gasteiger charge is -2.35. The van der Waals surface area contributed by atoms with Crippen LogP contribution in [-0.4, -0.2) is 35.5 Å². The molecule has 1 unspecified atom stereocenters. The third-order valence-corrected chi connectivity index (χ3v) is 7.49. The number of unbranched alkanes of at least 4 members (excludes halogenated alkanes) is 1. The summed E-state index contributed by atoms with van der Waals surface area (Å²) in [4.78, 5) is 14.5. The lowest BCUT2D eigenvalue weighted by molar-refractivity contribution is -0.132. The lowest BCUT2D eigenvalue weighted by Crippen LogP contribution is -2.39. The number of aryl methyl sites for hydroxylation is 1. The van der Waals surface area contributed by atoms with Crippen LogP contribution < -0.4 is 0 Å². The standard InChI is InChI=1S/C19H24N2O3S2/c1-3-4-12-20-18(22)11-14-25-19(20)17-6-5-13-21(17)26(23,24)16-9-7-15(2)8-10-16/h5-10,13,19H,3-4,11-12,14H2,1-2H3. The molecule has 0 radical (unpaired) electrons. The fourth-order valence-corrected chi connectivity index (χ4v) is 5.78. The van der Waals surface area contributed by atoms with Gasteiger partial charge in [-0.3, -0.25) is 4.79 Å². The Morgan fingerprint density at radius 2 is 1.92 bits per heavy atom. The summed E-state index contributed by atoms with van der Waals surface area (Å²) in [5, 5.41) is -0.266. The minimum Gasteiger partial charge on any atom is -0.325 e. The molecule has 2 heterocycles. The van der Waals surface area contributed by atoms with Crippen LogP contribution in [0.25, 0.3) is 0 Å². The zero-order chi connectivity index (χ0) is 18.7. The van der Waals surface area contributed by atoms with Crippen LogP contribution >= 0.6 is 11.8 Å². The molecule has 1 aromatic heterocycles. The third kappa shape index (κ3) is 3.69. The Hall–Kier alpha value is -1.73. The van der Waals surface area contributed by atoms with Gasteiger partial charge in [0.1, 0.15) is 5.37 Å². The highest BCUT2D eigenvalue weighted by Gasteiger charge is 2.33. The maximum absolute atomic E-state index is 13.1. The minimum absolute atomic E-state index is 0.0997. The normalized spacial score (nSPS) is 18.3. The van der Waals surface area contributed by atoms with Crippen LogP contribution in [0.15, 0.2) is 47.5 Å². The first kappa shape index (κ1) is 19.0. The van der Waals surface area contributed by atoms with E-state index >= 15 is 0 Å². The second-order valence-electron chi connectivity index (χ2n) is 6.46. The molecule has 1 aromatic carbocycles. The van der Waals surface area contributed by atoms with E-state index < -0.39 is 10.0 Å². The van der Waals surface area contributed by atoms with Gasteiger partial charge >= 0.3 is 0 Å². The van der Waals surface area contributed by atoms with Crippen LogP contribution in [0.2, 0.25) is 0 Å². The van der Waals surface area contributed by atoms with Crippen LogP contribution in [0.4, 0.5) is 0 Å². The van der Waals surface area contributed by atoms with Gasteiger partial charge in [0.15, 0.2) is 0 Å². The van der Waals surface area contributed by atoms with Crippen molar-refractivity contribution in [3.8, 4) is 0 Å². The van der Waals surface area contributed by atoms with Crippen molar-refractivity contribution < 1.29 is 13.2 Å². The Morgan fingerprint density at radius 3 is 2.62 bits per heavy atom. The maximum atomic E-state index is 13.1. The molecular formula is C19H24N2O3S2. The third-order valence-electron chi connectivity index (χ3n) is 4.52. The van der Waals surface area contributed by atoms with E-state index in [-0.39, 0.29) is 16.2 Å². The molecule has 1 fully saturated rings. The van der Waals surface area contributed by atoms with Crippen LogP contribution in [-0.2, 0) is 14.8 Å². The largest absolute Gasteiger partial charge is 0.325 e. The summed E-state index contributed by atoms with van der Waals surface area (Å²) in [6.45, 7) is 4.66. The molecule has 1 saturated heterocycles. The van der Waals surface area contributed by atoms with Crippen molar-refractivity contribution in [2.75, 3.05) is 12.3 Å². The first-order chi connectivity index (χ1) is 12.4. The van der Waals surface area contributed by atoms with Gasteiger partial charge in [-0.05, 0) is 37.6 Å². The summed E-state index contributed by atoms with van der Waals surface area (Å²) >= 11 is 1.63. The summed E-state index contributed by atoms with van der Waals surface area (Å²) in [6.07, 6.45) is 3.98. The number of carbonyl (C=O) groups is 1. The van der Waals surface area contributed by atoms with E-state index in [1.807, 2.05) is 11.8 Å². The number of hydrogen-bond donors (Lipinski definition) is 0. The van der Waals surface area contributed by atoms with Gasteiger partial charge in [0.25, 0.3) is 10.0 Å².